The first-order chi connectivity index (χ1) is 11.3. The highest BCUT2D eigenvalue weighted by molar-refractivity contribution is 5.81. The zero-order valence-corrected chi connectivity index (χ0v) is 13.6. The largest absolute Gasteiger partial charge is 0.0845 e. The van der Waals surface area contributed by atoms with Crippen molar-refractivity contribution in [3.05, 3.63) is 71.8 Å². The van der Waals surface area contributed by atoms with Crippen LogP contribution in [0.3, 0.4) is 0 Å². The van der Waals surface area contributed by atoms with Crippen LogP contribution in [0.2, 0.25) is 0 Å². The molecule has 0 heteroatoms. The molecule has 4 unspecified atom stereocenters. The van der Waals surface area contributed by atoms with Crippen molar-refractivity contribution < 1.29 is 0 Å². The third-order valence-electron chi connectivity index (χ3n) is 7.65. The molecule has 4 atom stereocenters. The van der Waals surface area contributed by atoms with E-state index in [4.69, 9.17) is 0 Å². The Labute approximate surface area is 138 Å². The fourth-order valence-corrected chi connectivity index (χ4v) is 6.82. The van der Waals surface area contributed by atoms with Gasteiger partial charge in [0.05, 0.1) is 0 Å². The van der Waals surface area contributed by atoms with Gasteiger partial charge in [-0.25, -0.2) is 0 Å². The van der Waals surface area contributed by atoms with Crippen LogP contribution in [0.4, 0.5) is 0 Å². The zero-order chi connectivity index (χ0) is 15.2. The standard InChI is InChI=1S/C23H22/c1-14-15-10-11-16(14)20-13-23(12-19(15)20)21-8-4-2-6-17(21)18-7-3-5-9-22(18)23/h2-11,14-16,19-20H,12-13H2,1H3. The molecule has 2 aromatic carbocycles. The molecule has 2 fully saturated rings. The van der Waals surface area contributed by atoms with Crippen LogP contribution in [0.1, 0.15) is 30.9 Å². The number of fused-ring (bicyclic) bond motifs is 10. The van der Waals surface area contributed by atoms with Crippen molar-refractivity contribution in [2.75, 3.05) is 0 Å². The Morgan fingerprint density at radius 2 is 1.22 bits per heavy atom. The second kappa shape index (κ2) is 3.98. The molecule has 0 aromatic heterocycles. The van der Waals surface area contributed by atoms with Gasteiger partial charge in [-0.1, -0.05) is 67.6 Å². The predicted molar refractivity (Wildman–Crippen MR) is 94.2 cm³/mol. The predicted octanol–water partition coefficient (Wildman–Crippen LogP) is 5.43. The first kappa shape index (κ1) is 12.6. The van der Waals surface area contributed by atoms with Crippen LogP contribution in [-0.2, 0) is 5.41 Å². The maximum atomic E-state index is 2.54. The number of hydrogen-bond donors (Lipinski definition) is 0. The molecular weight excluding hydrogens is 276 g/mol. The summed E-state index contributed by atoms with van der Waals surface area (Å²) in [7, 11) is 0. The Hall–Kier alpha value is -1.82. The lowest BCUT2D eigenvalue weighted by Gasteiger charge is -2.30. The summed E-state index contributed by atoms with van der Waals surface area (Å²) < 4.78 is 0. The summed E-state index contributed by atoms with van der Waals surface area (Å²) in [6.07, 6.45) is 7.81. The molecule has 0 radical (unpaired) electrons. The van der Waals surface area contributed by atoms with E-state index < -0.39 is 0 Å². The molecule has 2 aromatic rings. The lowest BCUT2D eigenvalue weighted by Crippen LogP contribution is -2.24. The van der Waals surface area contributed by atoms with Gasteiger partial charge in [-0.15, -0.1) is 0 Å². The maximum absolute atomic E-state index is 2.54. The highest BCUT2D eigenvalue weighted by Crippen LogP contribution is 2.68. The highest BCUT2D eigenvalue weighted by Gasteiger charge is 2.60. The van der Waals surface area contributed by atoms with Crippen LogP contribution in [0.25, 0.3) is 11.1 Å². The van der Waals surface area contributed by atoms with E-state index >= 15 is 0 Å². The number of hydrogen-bond acceptors (Lipinski definition) is 0. The fraction of sp³-hybridized carbons (Fsp3) is 0.391. The van der Waals surface area contributed by atoms with E-state index in [1.807, 2.05) is 0 Å². The lowest BCUT2D eigenvalue weighted by molar-refractivity contribution is 0.364. The smallest absolute Gasteiger partial charge is 0.0221 e. The van der Waals surface area contributed by atoms with E-state index in [1.165, 1.54) is 24.0 Å². The molecule has 0 N–H and O–H groups in total. The quantitative estimate of drug-likeness (QED) is 0.569. The molecule has 0 heterocycles. The van der Waals surface area contributed by atoms with Crippen LogP contribution >= 0.6 is 0 Å². The minimum atomic E-state index is 0.297. The molecule has 4 aliphatic carbocycles. The van der Waals surface area contributed by atoms with Crippen molar-refractivity contribution in [2.45, 2.75) is 25.2 Å². The maximum Gasteiger partial charge on any atom is 0.0221 e. The minimum absolute atomic E-state index is 0.297. The average molecular weight is 298 g/mol. The molecule has 0 saturated heterocycles. The van der Waals surface area contributed by atoms with Gasteiger partial charge >= 0.3 is 0 Å². The highest BCUT2D eigenvalue weighted by atomic mass is 14.6. The molecule has 6 rings (SSSR count). The third kappa shape index (κ3) is 1.32. The number of allylic oxidation sites excluding steroid dienone is 2. The van der Waals surface area contributed by atoms with Crippen LogP contribution in [-0.4, -0.2) is 0 Å². The summed E-state index contributed by atoms with van der Waals surface area (Å²) in [6.45, 7) is 2.48. The molecule has 4 aliphatic rings. The van der Waals surface area contributed by atoms with Crippen molar-refractivity contribution in [3.8, 4) is 11.1 Å². The monoisotopic (exact) mass is 298 g/mol. The van der Waals surface area contributed by atoms with E-state index in [0.717, 1.165) is 29.6 Å². The van der Waals surface area contributed by atoms with E-state index in [1.54, 1.807) is 11.1 Å². The number of rotatable bonds is 0. The molecule has 23 heavy (non-hydrogen) atoms. The average Bonchev–Trinajstić information content (AvgIpc) is 3.29. The van der Waals surface area contributed by atoms with Gasteiger partial charge in [0.2, 0.25) is 0 Å². The molecular formula is C23H22. The second-order valence-electron chi connectivity index (χ2n) is 8.31. The van der Waals surface area contributed by atoms with Crippen molar-refractivity contribution in [2.24, 2.45) is 29.6 Å². The molecule has 1 spiro atoms. The Morgan fingerprint density at radius 1 is 0.739 bits per heavy atom. The summed E-state index contributed by atoms with van der Waals surface area (Å²) in [5.41, 5.74) is 6.52. The SMILES string of the molecule is CC1C2C=CC1C1CC3(CC21)c1ccccc1-c1ccccc13. The third-order valence-corrected chi connectivity index (χ3v) is 7.65. The van der Waals surface area contributed by atoms with Crippen molar-refractivity contribution in [1.82, 2.24) is 0 Å². The Morgan fingerprint density at radius 3 is 1.74 bits per heavy atom. The minimum Gasteiger partial charge on any atom is -0.0845 e. The summed E-state index contributed by atoms with van der Waals surface area (Å²) in [6, 6.07) is 18.4. The van der Waals surface area contributed by atoms with E-state index in [2.05, 4.69) is 67.6 Å². The molecule has 114 valence electrons. The van der Waals surface area contributed by atoms with Crippen LogP contribution in [0.5, 0.6) is 0 Å². The molecule has 0 nitrogen and oxygen atoms in total. The molecule has 2 saturated carbocycles. The van der Waals surface area contributed by atoms with Crippen LogP contribution in [0.15, 0.2) is 60.7 Å². The number of benzene rings is 2. The van der Waals surface area contributed by atoms with Gasteiger partial charge in [0.15, 0.2) is 0 Å². The summed E-state index contributed by atoms with van der Waals surface area (Å²) >= 11 is 0. The van der Waals surface area contributed by atoms with Gasteiger partial charge in [-0.05, 0) is 64.7 Å². The molecule has 2 bridgehead atoms. The zero-order valence-electron chi connectivity index (χ0n) is 13.6. The Kier molecular flexibility index (Phi) is 2.18. The lowest BCUT2D eigenvalue weighted by atomic mass is 9.73. The van der Waals surface area contributed by atoms with E-state index in [-0.39, 0.29) is 0 Å². The van der Waals surface area contributed by atoms with Gasteiger partial charge in [0.1, 0.15) is 0 Å². The van der Waals surface area contributed by atoms with Gasteiger partial charge in [-0.3, -0.25) is 0 Å². The topological polar surface area (TPSA) is 0 Å². The van der Waals surface area contributed by atoms with Gasteiger partial charge in [0.25, 0.3) is 0 Å². The Balaban J connectivity index is 1.56. The first-order valence-corrected chi connectivity index (χ1v) is 9.17. The van der Waals surface area contributed by atoms with Crippen molar-refractivity contribution in [3.63, 3.8) is 0 Å². The molecule has 0 aliphatic heterocycles. The van der Waals surface area contributed by atoms with Crippen LogP contribution < -0.4 is 0 Å². The van der Waals surface area contributed by atoms with Crippen molar-refractivity contribution in [1.29, 1.82) is 0 Å². The first-order valence-electron chi connectivity index (χ1n) is 9.17. The summed E-state index contributed by atoms with van der Waals surface area (Å²) in [4.78, 5) is 0. The molecule has 0 amide bonds. The fourth-order valence-electron chi connectivity index (χ4n) is 6.82. The Bertz CT molecular complexity index is 773. The second-order valence-corrected chi connectivity index (χ2v) is 8.31. The van der Waals surface area contributed by atoms with Crippen molar-refractivity contribution >= 4 is 0 Å². The normalized spacial score (nSPS) is 37.2. The van der Waals surface area contributed by atoms with E-state index in [0.29, 0.717) is 5.41 Å². The van der Waals surface area contributed by atoms with E-state index in [9.17, 15) is 0 Å². The van der Waals surface area contributed by atoms with Crippen LogP contribution in [0, 0.1) is 29.6 Å². The van der Waals surface area contributed by atoms with Gasteiger partial charge in [-0.2, -0.15) is 0 Å². The summed E-state index contributed by atoms with van der Waals surface area (Å²) in [5.74, 6) is 4.36. The van der Waals surface area contributed by atoms with Gasteiger partial charge < -0.3 is 0 Å². The van der Waals surface area contributed by atoms with Gasteiger partial charge in [0, 0.05) is 5.41 Å². The summed E-state index contributed by atoms with van der Waals surface area (Å²) in [5, 5.41) is 0.